The predicted octanol–water partition coefficient (Wildman–Crippen LogP) is 2.32. The summed E-state index contributed by atoms with van der Waals surface area (Å²) < 4.78 is 5.26. The summed E-state index contributed by atoms with van der Waals surface area (Å²) in [6.07, 6.45) is 1.40. The number of rotatable bonds is 7. The lowest BCUT2D eigenvalue weighted by Crippen LogP contribution is -2.34. The van der Waals surface area contributed by atoms with E-state index in [1.54, 1.807) is 43.3 Å². The van der Waals surface area contributed by atoms with Crippen LogP contribution in [0.3, 0.4) is 0 Å². The maximum absolute atomic E-state index is 11.9. The normalized spacial score (nSPS) is 10.5. The average molecular weight is 376 g/mol. The molecule has 0 atom stereocenters. The van der Waals surface area contributed by atoms with Gasteiger partial charge in [-0.25, -0.2) is 5.43 Å². The van der Waals surface area contributed by atoms with Crippen LogP contribution in [0.25, 0.3) is 0 Å². The molecule has 0 spiro atoms. The van der Waals surface area contributed by atoms with Crippen molar-refractivity contribution >= 4 is 29.6 Å². The summed E-state index contributed by atoms with van der Waals surface area (Å²) >= 11 is 5.75. The molecule has 0 fully saturated rings. The molecule has 0 radical (unpaired) electrons. The van der Waals surface area contributed by atoms with Gasteiger partial charge in [-0.05, 0) is 55.0 Å². The van der Waals surface area contributed by atoms with Gasteiger partial charge in [0.1, 0.15) is 0 Å². The van der Waals surface area contributed by atoms with Gasteiger partial charge in [-0.2, -0.15) is 5.10 Å². The lowest BCUT2D eigenvalue weighted by Gasteiger charge is -2.06. The number of amides is 2. The van der Waals surface area contributed by atoms with Gasteiger partial charge in [-0.3, -0.25) is 9.59 Å². The Hall–Kier alpha value is -3.06. The van der Waals surface area contributed by atoms with E-state index in [0.29, 0.717) is 28.5 Å². The SMILES string of the molecule is CCOc1cc(/C=N/NC(=O)CNC(=O)c2ccc(Cl)cc2)ccc1O. The molecule has 2 aromatic carbocycles. The third-order valence-electron chi connectivity index (χ3n) is 3.20. The molecule has 0 bridgehead atoms. The third kappa shape index (κ3) is 5.78. The van der Waals surface area contributed by atoms with Gasteiger partial charge < -0.3 is 15.2 Å². The van der Waals surface area contributed by atoms with Gasteiger partial charge in [0.15, 0.2) is 11.5 Å². The van der Waals surface area contributed by atoms with Crippen LogP contribution in [0.5, 0.6) is 11.5 Å². The van der Waals surface area contributed by atoms with Crippen LogP contribution in [0.2, 0.25) is 5.02 Å². The van der Waals surface area contributed by atoms with Crippen LogP contribution < -0.4 is 15.5 Å². The van der Waals surface area contributed by atoms with Crippen molar-refractivity contribution in [1.82, 2.24) is 10.7 Å². The quantitative estimate of drug-likeness (QED) is 0.510. The van der Waals surface area contributed by atoms with E-state index < -0.39 is 5.91 Å². The molecule has 8 heteroatoms. The maximum atomic E-state index is 11.9. The molecule has 0 aliphatic heterocycles. The summed E-state index contributed by atoms with van der Waals surface area (Å²) in [5.74, 6) is -0.510. The van der Waals surface area contributed by atoms with Gasteiger partial charge in [-0.15, -0.1) is 0 Å². The number of halogens is 1. The fourth-order valence-corrected chi connectivity index (χ4v) is 2.09. The molecule has 2 rings (SSSR count). The standard InChI is InChI=1S/C18H18ClN3O4/c1-2-26-16-9-12(3-8-15(16)23)10-21-22-17(24)11-20-18(25)13-4-6-14(19)7-5-13/h3-10,23H,2,11H2,1H3,(H,20,25)(H,22,24)/b21-10+. The van der Waals surface area contributed by atoms with Crippen molar-refractivity contribution in [2.75, 3.05) is 13.2 Å². The van der Waals surface area contributed by atoms with E-state index in [-0.39, 0.29) is 18.2 Å². The first-order chi connectivity index (χ1) is 12.5. The van der Waals surface area contributed by atoms with Crippen LogP contribution in [0.15, 0.2) is 47.6 Å². The fraction of sp³-hybridized carbons (Fsp3) is 0.167. The van der Waals surface area contributed by atoms with Crippen LogP contribution in [0.4, 0.5) is 0 Å². The molecule has 0 saturated heterocycles. The van der Waals surface area contributed by atoms with E-state index in [9.17, 15) is 14.7 Å². The number of phenolic OH excluding ortho intramolecular Hbond substituents is 1. The highest BCUT2D eigenvalue weighted by Gasteiger charge is 2.07. The van der Waals surface area contributed by atoms with Crippen molar-refractivity contribution in [2.24, 2.45) is 5.10 Å². The van der Waals surface area contributed by atoms with Crippen LogP contribution >= 0.6 is 11.6 Å². The highest BCUT2D eigenvalue weighted by Crippen LogP contribution is 2.26. The molecule has 136 valence electrons. The predicted molar refractivity (Wildman–Crippen MR) is 98.8 cm³/mol. The molecule has 0 aliphatic carbocycles. The Kier molecular flexibility index (Phi) is 6.99. The minimum Gasteiger partial charge on any atom is -0.504 e. The first-order valence-corrected chi connectivity index (χ1v) is 8.19. The van der Waals surface area contributed by atoms with Crippen LogP contribution in [-0.2, 0) is 4.79 Å². The monoisotopic (exact) mass is 375 g/mol. The number of carbonyl (C=O) groups is 2. The van der Waals surface area contributed by atoms with Gasteiger partial charge in [0.2, 0.25) is 0 Å². The summed E-state index contributed by atoms with van der Waals surface area (Å²) in [7, 11) is 0. The van der Waals surface area contributed by atoms with Crippen LogP contribution in [0.1, 0.15) is 22.8 Å². The summed E-state index contributed by atoms with van der Waals surface area (Å²) in [5.41, 5.74) is 3.34. The van der Waals surface area contributed by atoms with Crippen molar-refractivity contribution in [3.63, 3.8) is 0 Å². The largest absolute Gasteiger partial charge is 0.504 e. The first kappa shape index (κ1) is 19.3. The van der Waals surface area contributed by atoms with Crippen molar-refractivity contribution in [2.45, 2.75) is 6.92 Å². The molecule has 26 heavy (non-hydrogen) atoms. The Balaban J connectivity index is 1.83. The number of benzene rings is 2. The van der Waals surface area contributed by atoms with Gasteiger partial charge in [0.05, 0.1) is 19.4 Å². The maximum Gasteiger partial charge on any atom is 0.259 e. The lowest BCUT2D eigenvalue weighted by molar-refractivity contribution is -0.120. The number of nitrogens with one attached hydrogen (secondary N) is 2. The Morgan fingerprint density at radius 2 is 1.96 bits per heavy atom. The van der Waals surface area contributed by atoms with E-state index in [1.165, 1.54) is 12.3 Å². The Bertz CT molecular complexity index is 807. The summed E-state index contributed by atoms with van der Waals surface area (Å²) in [5, 5.41) is 16.4. The molecule has 2 amide bonds. The van der Waals surface area contributed by atoms with Crippen molar-refractivity contribution < 1.29 is 19.4 Å². The molecular weight excluding hydrogens is 358 g/mol. The number of phenols is 1. The second-order valence-electron chi connectivity index (χ2n) is 5.14. The average Bonchev–Trinajstić information content (AvgIpc) is 2.63. The second-order valence-corrected chi connectivity index (χ2v) is 5.58. The Morgan fingerprint density at radius 1 is 1.23 bits per heavy atom. The van der Waals surface area contributed by atoms with Crippen LogP contribution in [0, 0.1) is 0 Å². The minimum absolute atomic E-state index is 0.0259. The molecule has 3 N–H and O–H groups in total. The van der Waals surface area contributed by atoms with Crippen molar-refractivity contribution in [1.29, 1.82) is 0 Å². The van der Waals surface area contributed by atoms with Crippen molar-refractivity contribution in [3.05, 3.63) is 58.6 Å². The number of aromatic hydroxyl groups is 1. The van der Waals surface area contributed by atoms with E-state index in [0.717, 1.165) is 0 Å². The highest BCUT2D eigenvalue weighted by molar-refractivity contribution is 6.30. The molecule has 0 unspecified atom stereocenters. The molecular formula is C18H18ClN3O4. The Morgan fingerprint density at radius 3 is 2.65 bits per heavy atom. The summed E-state index contributed by atoms with van der Waals surface area (Å²) in [4.78, 5) is 23.6. The van der Waals surface area contributed by atoms with Gasteiger partial charge in [0, 0.05) is 10.6 Å². The van der Waals surface area contributed by atoms with E-state index in [1.807, 2.05) is 0 Å². The number of hydrogen-bond donors (Lipinski definition) is 3. The smallest absolute Gasteiger partial charge is 0.259 e. The zero-order valence-electron chi connectivity index (χ0n) is 14.0. The highest BCUT2D eigenvalue weighted by atomic mass is 35.5. The zero-order valence-corrected chi connectivity index (χ0v) is 14.8. The van der Waals surface area contributed by atoms with E-state index >= 15 is 0 Å². The minimum atomic E-state index is -0.479. The molecule has 2 aromatic rings. The number of ether oxygens (including phenoxy) is 1. The fourth-order valence-electron chi connectivity index (χ4n) is 1.96. The molecule has 0 saturated carbocycles. The first-order valence-electron chi connectivity index (χ1n) is 7.81. The van der Waals surface area contributed by atoms with Gasteiger partial charge in [-0.1, -0.05) is 11.6 Å². The lowest BCUT2D eigenvalue weighted by atomic mass is 10.2. The molecule has 0 aliphatic rings. The molecule has 0 aromatic heterocycles. The van der Waals surface area contributed by atoms with Gasteiger partial charge >= 0.3 is 0 Å². The number of carbonyl (C=O) groups excluding carboxylic acids is 2. The second kappa shape index (κ2) is 9.43. The zero-order chi connectivity index (χ0) is 18.9. The third-order valence-corrected chi connectivity index (χ3v) is 3.45. The van der Waals surface area contributed by atoms with E-state index in [2.05, 4.69) is 15.8 Å². The number of nitrogens with zero attached hydrogens (tertiary/aromatic N) is 1. The molecule has 0 heterocycles. The number of hydrogen-bond acceptors (Lipinski definition) is 5. The number of hydrazone groups is 1. The van der Waals surface area contributed by atoms with E-state index in [4.69, 9.17) is 16.3 Å². The molecule has 7 nitrogen and oxygen atoms in total. The topological polar surface area (TPSA) is 100 Å². The summed E-state index contributed by atoms with van der Waals surface area (Å²) in [6, 6.07) is 11.0. The van der Waals surface area contributed by atoms with Crippen molar-refractivity contribution in [3.8, 4) is 11.5 Å². The van der Waals surface area contributed by atoms with Gasteiger partial charge in [0.25, 0.3) is 11.8 Å². The Labute approximate surface area is 155 Å². The van der Waals surface area contributed by atoms with Crippen LogP contribution in [-0.4, -0.2) is 36.3 Å². The summed E-state index contributed by atoms with van der Waals surface area (Å²) in [6.45, 7) is 2.00.